The molecule has 0 aliphatic carbocycles. The van der Waals surface area contributed by atoms with Crippen LogP contribution in [-0.4, -0.2) is 44.9 Å². The number of hydrogen-bond acceptors (Lipinski definition) is 5. The zero-order valence-electron chi connectivity index (χ0n) is 9.30. The minimum atomic E-state index is -0.771. The van der Waals surface area contributed by atoms with Crippen LogP contribution in [0.15, 0.2) is 12.7 Å². The second-order valence-corrected chi connectivity index (χ2v) is 3.35. The summed E-state index contributed by atoms with van der Waals surface area (Å²) in [4.78, 5) is 22.6. The average Bonchev–Trinajstić information content (AvgIpc) is 2.81. The van der Waals surface area contributed by atoms with Crippen molar-refractivity contribution < 1.29 is 14.7 Å². The van der Waals surface area contributed by atoms with E-state index in [0.29, 0.717) is 13.0 Å². The van der Waals surface area contributed by atoms with Crippen molar-refractivity contribution in [3.63, 3.8) is 0 Å². The van der Waals surface area contributed by atoms with Gasteiger partial charge >= 0.3 is 11.8 Å². The van der Waals surface area contributed by atoms with E-state index < -0.39 is 11.8 Å². The van der Waals surface area contributed by atoms with Gasteiger partial charge in [-0.25, -0.2) is 4.68 Å². The highest BCUT2D eigenvalue weighted by atomic mass is 16.3. The molecule has 0 saturated heterocycles. The molecular weight excluding hydrogens is 226 g/mol. The van der Waals surface area contributed by atoms with Crippen LogP contribution in [0.1, 0.15) is 19.3 Å². The number of nitrogens with zero attached hydrogens (tertiary/aromatic N) is 3. The lowest BCUT2D eigenvalue weighted by atomic mass is 10.2. The predicted octanol–water partition coefficient (Wildman–Crippen LogP) is -1.37. The van der Waals surface area contributed by atoms with Crippen LogP contribution < -0.4 is 10.7 Å². The second-order valence-electron chi connectivity index (χ2n) is 3.35. The summed E-state index contributed by atoms with van der Waals surface area (Å²) in [6.07, 6.45) is 4.78. The molecule has 0 radical (unpaired) electrons. The SMILES string of the molecule is O=C(NCCCCCO)C(=O)Nn1cnnc1. The molecule has 3 N–H and O–H groups in total. The Morgan fingerprint density at radius 2 is 1.82 bits per heavy atom. The Labute approximate surface area is 98.0 Å². The molecule has 17 heavy (non-hydrogen) atoms. The van der Waals surface area contributed by atoms with Crippen LogP contribution in [-0.2, 0) is 9.59 Å². The number of rotatable bonds is 6. The molecule has 0 aromatic carbocycles. The van der Waals surface area contributed by atoms with Gasteiger partial charge in [0.15, 0.2) is 0 Å². The highest BCUT2D eigenvalue weighted by Crippen LogP contribution is 1.91. The Balaban J connectivity index is 2.16. The van der Waals surface area contributed by atoms with Gasteiger partial charge in [0, 0.05) is 13.2 Å². The molecule has 0 unspecified atom stereocenters. The number of aliphatic hydroxyl groups excluding tert-OH is 1. The zero-order chi connectivity index (χ0) is 12.5. The first kappa shape index (κ1) is 13.1. The molecule has 8 heteroatoms. The van der Waals surface area contributed by atoms with Gasteiger partial charge in [0.05, 0.1) is 0 Å². The maximum absolute atomic E-state index is 11.3. The van der Waals surface area contributed by atoms with Gasteiger partial charge in [-0.2, -0.15) is 0 Å². The van der Waals surface area contributed by atoms with E-state index in [4.69, 9.17) is 5.11 Å². The number of hydrogen-bond donors (Lipinski definition) is 3. The van der Waals surface area contributed by atoms with Gasteiger partial charge in [-0.05, 0) is 19.3 Å². The molecule has 1 aromatic heterocycles. The number of amides is 2. The van der Waals surface area contributed by atoms with Crippen LogP contribution in [0.4, 0.5) is 0 Å². The van der Waals surface area contributed by atoms with Crippen LogP contribution in [0.5, 0.6) is 0 Å². The van der Waals surface area contributed by atoms with E-state index in [9.17, 15) is 9.59 Å². The molecule has 0 spiro atoms. The minimum absolute atomic E-state index is 0.141. The first-order chi connectivity index (χ1) is 8.24. The minimum Gasteiger partial charge on any atom is -0.396 e. The summed E-state index contributed by atoms with van der Waals surface area (Å²) in [5.74, 6) is -1.48. The predicted molar refractivity (Wildman–Crippen MR) is 58.3 cm³/mol. The molecule has 8 nitrogen and oxygen atoms in total. The topological polar surface area (TPSA) is 109 Å². The lowest BCUT2D eigenvalue weighted by molar-refractivity contribution is -0.136. The van der Waals surface area contributed by atoms with Crippen LogP contribution in [0.2, 0.25) is 0 Å². The fourth-order valence-corrected chi connectivity index (χ4v) is 1.12. The lowest BCUT2D eigenvalue weighted by Crippen LogP contribution is -2.38. The Hall–Kier alpha value is -1.96. The summed E-state index contributed by atoms with van der Waals surface area (Å²) < 4.78 is 1.19. The Morgan fingerprint density at radius 3 is 2.47 bits per heavy atom. The Morgan fingerprint density at radius 1 is 1.12 bits per heavy atom. The van der Waals surface area contributed by atoms with Gasteiger partial charge in [0.1, 0.15) is 12.7 Å². The van der Waals surface area contributed by atoms with Crippen molar-refractivity contribution in [2.45, 2.75) is 19.3 Å². The largest absolute Gasteiger partial charge is 0.396 e. The van der Waals surface area contributed by atoms with E-state index >= 15 is 0 Å². The molecule has 94 valence electrons. The third kappa shape index (κ3) is 5.07. The van der Waals surface area contributed by atoms with Gasteiger partial charge in [-0.15, -0.1) is 10.2 Å². The number of unbranched alkanes of at least 4 members (excludes halogenated alkanes) is 2. The molecule has 1 heterocycles. The second kappa shape index (κ2) is 7.34. The summed E-state index contributed by atoms with van der Waals surface area (Å²) in [5.41, 5.74) is 2.27. The van der Waals surface area contributed by atoms with E-state index in [1.807, 2.05) is 0 Å². The van der Waals surface area contributed by atoms with E-state index in [-0.39, 0.29) is 6.61 Å². The maximum atomic E-state index is 11.3. The summed E-state index contributed by atoms with van der Waals surface area (Å²) in [5, 5.41) is 18.0. The standard InChI is InChI=1S/C9H15N5O3/c15-5-3-1-2-4-10-8(16)9(17)13-14-6-11-12-7-14/h6-7,15H,1-5H2,(H,10,16)(H,13,17). The molecule has 1 aromatic rings. The van der Waals surface area contributed by atoms with Crippen molar-refractivity contribution in [1.29, 1.82) is 0 Å². The smallest absolute Gasteiger partial charge is 0.328 e. The molecule has 0 atom stereocenters. The summed E-state index contributed by atoms with van der Waals surface area (Å²) in [6, 6.07) is 0. The van der Waals surface area contributed by atoms with Gasteiger partial charge in [0.2, 0.25) is 0 Å². The average molecular weight is 241 g/mol. The van der Waals surface area contributed by atoms with E-state index in [1.165, 1.54) is 17.3 Å². The van der Waals surface area contributed by atoms with Crippen LogP contribution in [0.3, 0.4) is 0 Å². The summed E-state index contributed by atoms with van der Waals surface area (Å²) >= 11 is 0. The van der Waals surface area contributed by atoms with Gasteiger partial charge in [-0.1, -0.05) is 0 Å². The molecule has 0 saturated carbocycles. The molecule has 0 aliphatic rings. The third-order valence-electron chi connectivity index (χ3n) is 1.98. The number of aromatic nitrogens is 3. The molecule has 2 amide bonds. The normalized spacial score (nSPS) is 9.94. The number of aliphatic hydroxyl groups is 1. The van der Waals surface area contributed by atoms with Crippen molar-refractivity contribution in [2.24, 2.45) is 0 Å². The van der Waals surface area contributed by atoms with E-state index in [2.05, 4.69) is 20.9 Å². The van der Waals surface area contributed by atoms with Crippen LogP contribution in [0, 0.1) is 0 Å². The monoisotopic (exact) mass is 241 g/mol. The molecule has 0 bridgehead atoms. The summed E-state index contributed by atoms with van der Waals surface area (Å²) in [6.45, 7) is 0.552. The number of carbonyl (C=O) groups is 2. The highest BCUT2D eigenvalue weighted by molar-refractivity contribution is 6.38. The van der Waals surface area contributed by atoms with Crippen LogP contribution >= 0.6 is 0 Å². The fourth-order valence-electron chi connectivity index (χ4n) is 1.12. The maximum Gasteiger partial charge on any atom is 0.328 e. The van der Waals surface area contributed by atoms with Crippen molar-refractivity contribution in [2.75, 3.05) is 18.6 Å². The van der Waals surface area contributed by atoms with Gasteiger partial charge in [0.25, 0.3) is 0 Å². The number of carbonyl (C=O) groups excluding carboxylic acids is 2. The van der Waals surface area contributed by atoms with Crippen molar-refractivity contribution >= 4 is 11.8 Å². The first-order valence-electron chi connectivity index (χ1n) is 5.28. The van der Waals surface area contributed by atoms with Crippen molar-refractivity contribution in [3.8, 4) is 0 Å². The van der Waals surface area contributed by atoms with Crippen molar-refractivity contribution in [3.05, 3.63) is 12.7 Å². The molecular formula is C9H15N5O3. The zero-order valence-corrected chi connectivity index (χ0v) is 9.30. The molecule has 0 aliphatic heterocycles. The lowest BCUT2D eigenvalue weighted by Gasteiger charge is -2.05. The number of nitrogens with one attached hydrogen (secondary N) is 2. The Kier molecular flexibility index (Phi) is 5.66. The van der Waals surface area contributed by atoms with Crippen molar-refractivity contribution in [1.82, 2.24) is 20.2 Å². The van der Waals surface area contributed by atoms with Gasteiger partial charge in [-0.3, -0.25) is 15.0 Å². The third-order valence-corrected chi connectivity index (χ3v) is 1.98. The molecule has 0 fully saturated rings. The quantitative estimate of drug-likeness (QED) is 0.420. The fraction of sp³-hybridized carbons (Fsp3) is 0.556. The van der Waals surface area contributed by atoms with E-state index in [1.54, 1.807) is 0 Å². The van der Waals surface area contributed by atoms with E-state index in [0.717, 1.165) is 12.8 Å². The van der Waals surface area contributed by atoms with Crippen LogP contribution in [0.25, 0.3) is 0 Å². The Bertz CT molecular complexity index is 352. The highest BCUT2D eigenvalue weighted by Gasteiger charge is 2.12. The summed E-state index contributed by atoms with van der Waals surface area (Å²) in [7, 11) is 0. The first-order valence-corrected chi connectivity index (χ1v) is 5.28. The van der Waals surface area contributed by atoms with Gasteiger partial charge < -0.3 is 10.4 Å². The molecule has 1 rings (SSSR count).